The van der Waals surface area contributed by atoms with Gasteiger partial charge in [0.1, 0.15) is 5.69 Å². The summed E-state index contributed by atoms with van der Waals surface area (Å²) in [6, 6.07) is 14.0. The summed E-state index contributed by atoms with van der Waals surface area (Å²) in [6.07, 6.45) is 0. The van der Waals surface area contributed by atoms with Gasteiger partial charge < -0.3 is 0 Å². The van der Waals surface area contributed by atoms with Crippen molar-refractivity contribution < 1.29 is 8.42 Å². The first-order valence-corrected chi connectivity index (χ1v) is 9.70. The van der Waals surface area contributed by atoms with Crippen LogP contribution in [-0.4, -0.2) is 18.2 Å². The molecule has 7 heteroatoms. The molecule has 0 saturated carbocycles. The Kier molecular flexibility index (Phi) is 4.69. The number of hydrogen-bond donors (Lipinski definition) is 1. The van der Waals surface area contributed by atoms with Gasteiger partial charge in [-0.15, -0.1) is 0 Å². The van der Waals surface area contributed by atoms with E-state index in [0.29, 0.717) is 5.02 Å². The first-order chi connectivity index (χ1) is 11.8. The molecule has 2 N–H and O–H groups in total. The second-order valence-electron chi connectivity index (χ2n) is 5.70. The third-order valence-electron chi connectivity index (χ3n) is 4.10. The van der Waals surface area contributed by atoms with Crippen molar-refractivity contribution in [3.05, 3.63) is 59.2 Å². The quantitative estimate of drug-likeness (QED) is 0.752. The molecule has 3 rings (SSSR count). The smallest absolute Gasteiger partial charge is 0.238 e. The lowest BCUT2D eigenvalue weighted by atomic mass is 9.99. The minimum atomic E-state index is -3.72. The van der Waals surface area contributed by atoms with Gasteiger partial charge in [-0.05, 0) is 43.7 Å². The minimum absolute atomic E-state index is 0.0796. The maximum absolute atomic E-state index is 11.5. The molecule has 0 atom stereocenters. The molecule has 0 unspecified atom stereocenters. The molecule has 0 aliphatic carbocycles. The van der Waals surface area contributed by atoms with Crippen LogP contribution in [0.2, 0.25) is 5.02 Å². The van der Waals surface area contributed by atoms with Crippen molar-refractivity contribution >= 4 is 21.6 Å². The number of hydrogen-bond acceptors (Lipinski definition) is 3. The molecule has 0 amide bonds. The van der Waals surface area contributed by atoms with Gasteiger partial charge in [0.05, 0.1) is 4.90 Å². The van der Waals surface area contributed by atoms with Crippen molar-refractivity contribution in [1.82, 2.24) is 9.78 Å². The van der Waals surface area contributed by atoms with Crippen LogP contribution in [0.4, 0.5) is 0 Å². The summed E-state index contributed by atoms with van der Waals surface area (Å²) in [5.41, 5.74) is 4.67. The zero-order valence-electron chi connectivity index (χ0n) is 13.9. The molecule has 0 aliphatic rings. The van der Waals surface area contributed by atoms with Crippen molar-refractivity contribution in [3.8, 4) is 22.4 Å². The molecule has 0 radical (unpaired) electrons. The van der Waals surface area contributed by atoms with E-state index in [0.717, 1.165) is 34.6 Å². The highest BCUT2D eigenvalue weighted by Crippen LogP contribution is 2.35. The molecule has 25 heavy (non-hydrogen) atoms. The van der Waals surface area contributed by atoms with Crippen LogP contribution in [0.1, 0.15) is 12.6 Å². The van der Waals surface area contributed by atoms with E-state index in [1.165, 1.54) is 12.1 Å². The maximum Gasteiger partial charge on any atom is 0.238 e. The average Bonchev–Trinajstić information content (AvgIpc) is 2.91. The maximum atomic E-state index is 11.5. The molecule has 0 fully saturated rings. The van der Waals surface area contributed by atoms with Gasteiger partial charge in [-0.2, -0.15) is 5.10 Å². The van der Waals surface area contributed by atoms with E-state index in [9.17, 15) is 8.42 Å². The third kappa shape index (κ3) is 3.46. The van der Waals surface area contributed by atoms with Crippen molar-refractivity contribution in [3.63, 3.8) is 0 Å². The fourth-order valence-electron chi connectivity index (χ4n) is 2.82. The lowest BCUT2D eigenvalue weighted by Gasteiger charge is -2.06. The molecule has 0 spiro atoms. The van der Waals surface area contributed by atoms with E-state index in [1.54, 1.807) is 12.1 Å². The molecule has 0 saturated heterocycles. The molecule has 1 aromatic heterocycles. The van der Waals surface area contributed by atoms with E-state index in [4.69, 9.17) is 21.8 Å². The molecule has 1 heterocycles. The zero-order chi connectivity index (χ0) is 18.2. The van der Waals surface area contributed by atoms with Crippen LogP contribution in [-0.2, 0) is 16.6 Å². The highest BCUT2D eigenvalue weighted by Gasteiger charge is 2.18. The number of aromatic nitrogens is 2. The topological polar surface area (TPSA) is 78.0 Å². The van der Waals surface area contributed by atoms with Gasteiger partial charge in [-0.25, -0.2) is 13.6 Å². The second kappa shape index (κ2) is 6.63. The largest absolute Gasteiger partial charge is 0.269 e. The predicted octanol–water partition coefficient (Wildman–Crippen LogP) is 3.85. The summed E-state index contributed by atoms with van der Waals surface area (Å²) in [5, 5.41) is 10.5. The van der Waals surface area contributed by atoms with Gasteiger partial charge in [0.25, 0.3) is 0 Å². The van der Waals surface area contributed by atoms with Crippen molar-refractivity contribution in [2.24, 2.45) is 5.14 Å². The number of halogens is 1. The number of primary sulfonamides is 1. The fraction of sp³-hybridized carbons (Fsp3) is 0.167. The van der Waals surface area contributed by atoms with E-state index in [1.807, 2.05) is 42.8 Å². The Morgan fingerprint density at radius 1 is 1.04 bits per heavy atom. The van der Waals surface area contributed by atoms with Crippen LogP contribution in [0.15, 0.2) is 53.4 Å². The summed E-state index contributed by atoms with van der Waals surface area (Å²) in [7, 11) is -3.72. The Morgan fingerprint density at radius 2 is 1.60 bits per heavy atom. The molecule has 3 aromatic rings. The Bertz CT molecular complexity index is 1010. The Labute approximate surface area is 152 Å². The molecular weight excluding hydrogens is 358 g/mol. The van der Waals surface area contributed by atoms with Crippen LogP contribution in [0, 0.1) is 6.92 Å². The van der Waals surface area contributed by atoms with Crippen molar-refractivity contribution in [1.29, 1.82) is 0 Å². The summed E-state index contributed by atoms with van der Waals surface area (Å²) in [6.45, 7) is 4.78. The second-order valence-corrected chi connectivity index (χ2v) is 7.70. The van der Waals surface area contributed by atoms with Gasteiger partial charge in [-0.1, -0.05) is 35.9 Å². The number of nitrogens with two attached hydrogens (primary N) is 1. The van der Waals surface area contributed by atoms with Gasteiger partial charge >= 0.3 is 0 Å². The molecule has 2 aromatic carbocycles. The highest BCUT2D eigenvalue weighted by molar-refractivity contribution is 7.89. The molecule has 130 valence electrons. The lowest BCUT2D eigenvalue weighted by Crippen LogP contribution is -2.11. The van der Waals surface area contributed by atoms with E-state index in [-0.39, 0.29) is 4.90 Å². The number of rotatable bonds is 4. The van der Waals surface area contributed by atoms with Gasteiger partial charge in [0.15, 0.2) is 0 Å². The average molecular weight is 376 g/mol. The van der Waals surface area contributed by atoms with Crippen LogP contribution < -0.4 is 5.14 Å². The van der Waals surface area contributed by atoms with Crippen molar-refractivity contribution in [2.45, 2.75) is 25.3 Å². The standard InChI is InChI=1S/C18H18ClN3O2S/c1-3-22-12(2)17(13-4-8-15(19)9-5-13)18(21-22)14-6-10-16(11-7-14)25(20,23)24/h4-11H,3H2,1-2H3,(H2,20,23,24). The number of aryl methyl sites for hydroxylation is 1. The number of nitrogens with zero attached hydrogens (tertiary/aromatic N) is 2. The van der Waals surface area contributed by atoms with Crippen molar-refractivity contribution in [2.75, 3.05) is 0 Å². The van der Waals surface area contributed by atoms with E-state index in [2.05, 4.69) is 0 Å². The van der Waals surface area contributed by atoms with Crippen LogP contribution in [0.3, 0.4) is 0 Å². The molecule has 5 nitrogen and oxygen atoms in total. The van der Waals surface area contributed by atoms with Gasteiger partial charge in [0.2, 0.25) is 10.0 Å². The van der Waals surface area contributed by atoms with Crippen LogP contribution >= 0.6 is 11.6 Å². The SMILES string of the molecule is CCn1nc(-c2ccc(S(N)(=O)=O)cc2)c(-c2ccc(Cl)cc2)c1C. The summed E-state index contributed by atoms with van der Waals surface area (Å²) < 4.78 is 24.8. The third-order valence-corrected chi connectivity index (χ3v) is 5.28. The monoisotopic (exact) mass is 375 g/mol. The Hall–Kier alpha value is -2.15. The molecule has 0 aliphatic heterocycles. The first-order valence-electron chi connectivity index (χ1n) is 7.78. The number of benzene rings is 2. The fourth-order valence-corrected chi connectivity index (χ4v) is 3.46. The predicted molar refractivity (Wildman–Crippen MR) is 99.9 cm³/mol. The van der Waals surface area contributed by atoms with E-state index >= 15 is 0 Å². The first kappa shape index (κ1) is 17.7. The highest BCUT2D eigenvalue weighted by atomic mass is 35.5. The van der Waals surface area contributed by atoms with Gasteiger partial charge in [-0.3, -0.25) is 4.68 Å². The lowest BCUT2D eigenvalue weighted by molar-refractivity contribution is 0.598. The molecule has 0 bridgehead atoms. The summed E-state index contributed by atoms with van der Waals surface area (Å²) in [4.78, 5) is 0.0796. The minimum Gasteiger partial charge on any atom is -0.269 e. The van der Waals surface area contributed by atoms with Crippen LogP contribution in [0.5, 0.6) is 0 Å². The van der Waals surface area contributed by atoms with Gasteiger partial charge in [0, 0.05) is 28.4 Å². The summed E-state index contributed by atoms with van der Waals surface area (Å²) in [5.74, 6) is 0. The number of sulfonamides is 1. The van der Waals surface area contributed by atoms with Crippen LogP contribution in [0.25, 0.3) is 22.4 Å². The summed E-state index contributed by atoms with van der Waals surface area (Å²) >= 11 is 6.00. The zero-order valence-corrected chi connectivity index (χ0v) is 15.5. The molecular formula is C18H18ClN3O2S. The Morgan fingerprint density at radius 3 is 2.12 bits per heavy atom. The Balaban J connectivity index is 2.17. The normalized spacial score (nSPS) is 11.7. The van der Waals surface area contributed by atoms with E-state index < -0.39 is 10.0 Å².